The van der Waals surface area contributed by atoms with E-state index in [2.05, 4.69) is 20.1 Å². The van der Waals surface area contributed by atoms with Gasteiger partial charge in [-0.1, -0.05) is 45.7 Å². The molecule has 1 fully saturated rings. The summed E-state index contributed by atoms with van der Waals surface area (Å²) in [5.74, 6) is 0.00411. The molecule has 3 rings (SSSR count). The molecule has 0 aliphatic carbocycles. The number of amides is 2. The smallest absolute Gasteiger partial charge is 0.266 e. The summed E-state index contributed by atoms with van der Waals surface area (Å²) in [5, 5.41) is 9.78. The average Bonchev–Trinajstić information content (AvgIpc) is 3.20. The average molecular weight is 393 g/mol. The zero-order valence-electron chi connectivity index (χ0n) is 12.8. The van der Waals surface area contributed by atoms with E-state index in [1.54, 1.807) is 25.3 Å². The van der Waals surface area contributed by atoms with Gasteiger partial charge in [-0.3, -0.25) is 19.8 Å². The van der Waals surface area contributed by atoms with Crippen LogP contribution < -0.4 is 10.1 Å². The van der Waals surface area contributed by atoms with Crippen LogP contribution in [-0.2, 0) is 9.59 Å². The van der Waals surface area contributed by atoms with Crippen molar-refractivity contribution in [1.82, 2.24) is 19.7 Å². The van der Waals surface area contributed by atoms with Crippen LogP contribution >= 0.6 is 35.5 Å². The first-order valence-electron chi connectivity index (χ1n) is 6.91. The van der Waals surface area contributed by atoms with Gasteiger partial charge in [0.25, 0.3) is 5.91 Å². The van der Waals surface area contributed by atoms with E-state index in [4.69, 9.17) is 17.0 Å². The van der Waals surface area contributed by atoms with E-state index < -0.39 is 5.91 Å². The van der Waals surface area contributed by atoms with Crippen LogP contribution in [0.4, 0.5) is 5.13 Å². The minimum absolute atomic E-state index is 0.190. The first-order valence-corrected chi connectivity index (χ1v) is 8.91. The summed E-state index contributed by atoms with van der Waals surface area (Å²) < 4.78 is 8.98. The maximum Gasteiger partial charge on any atom is 0.266 e. The number of anilines is 1. The number of ether oxygens (including phenoxy) is 1. The van der Waals surface area contributed by atoms with Crippen molar-refractivity contribution in [1.29, 1.82) is 0 Å². The molecule has 1 aliphatic heterocycles. The summed E-state index contributed by atoms with van der Waals surface area (Å²) in [6.45, 7) is -0.190. The molecule has 0 atom stereocenters. The summed E-state index contributed by atoms with van der Waals surface area (Å²) in [4.78, 5) is 26.2. The second-order valence-electron chi connectivity index (χ2n) is 4.76. The highest BCUT2D eigenvalue weighted by molar-refractivity contribution is 8.26. The summed E-state index contributed by atoms with van der Waals surface area (Å²) in [6, 6.07) is 7.27. The number of nitrogens with one attached hydrogen (secondary N) is 1. The van der Waals surface area contributed by atoms with Crippen LogP contribution in [0.15, 0.2) is 29.2 Å². The van der Waals surface area contributed by atoms with Crippen LogP contribution in [0.3, 0.4) is 0 Å². The van der Waals surface area contributed by atoms with Crippen LogP contribution in [0, 0.1) is 0 Å². The number of thioether (sulfide) groups is 1. The van der Waals surface area contributed by atoms with Crippen molar-refractivity contribution in [3.8, 4) is 5.75 Å². The Morgan fingerprint density at radius 1 is 1.40 bits per heavy atom. The molecule has 0 saturated carbocycles. The monoisotopic (exact) mass is 393 g/mol. The van der Waals surface area contributed by atoms with Gasteiger partial charge in [0.15, 0.2) is 0 Å². The molecule has 0 radical (unpaired) electrons. The third kappa shape index (κ3) is 4.18. The van der Waals surface area contributed by atoms with Crippen molar-refractivity contribution in [3.63, 3.8) is 0 Å². The van der Waals surface area contributed by atoms with E-state index >= 15 is 0 Å². The van der Waals surface area contributed by atoms with Crippen molar-refractivity contribution in [2.24, 2.45) is 0 Å². The lowest BCUT2D eigenvalue weighted by atomic mass is 10.2. The van der Waals surface area contributed by atoms with E-state index in [0.29, 0.717) is 9.23 Å². The molecule has 1 aromatic carbocycles. The molecule has 128 valence electrons. The predicted octanol–water partition coefficient (Wildman–Crippen LogP) is 1.78. The standard InChI is InChI=1S/C14H11N5O3S3/c1-22-9-4-2-8(3-5-9)6-10-12(21)19(14(23)24-10)7-11(20)15-13-16-17-18-25-13/h2-6H,7H2,1H3,(H,15,16,18,20)/b10-6-. The van der Waals surface area contributed by atoms with Gasteiger partial charge in [-0.2, -0.15) is 0 Å². The Morgan fingerprint density at radius 2 is 2.16 bits per heavy atom. The lowest BCUT2D eigenvalue weighted by Gasteiger charge is -2.12. The minimum Gasteiger partial charge on any atom is -0.497 e. The molecule has 2 aromatic rings. The Bertz CT molecular complexity index is 836. The number of thiocarbonyl (C=S) groups is 1. The first-order chi connectivity index (χ1) is 12.1. The van der Waals surface area contributed by atoms with Gasteiger partial charge in [0.05, 0.1) is 12.0 Å². The topological polar surface area (TPSA) is 97.3 Å². The molecule has 2 heterocycles. The third-order valence-electron chi connectivity index (χ3n) is 3.13. The highest BCUT2D eigenvalue weighted by Gasteiger charge is 2.33. The van der Waals surface area contributed by atoms with Gasteiger partial charge in [0.2, 0.25) is 11.0 Å². The third-order valence-corrected chi connectivity index (χ3v) is 5.02. The minimum atomic E-state index is -0.416. The lowest BCUT2D eigenvalue weighted by Crippen LogP contribution is -2.36. The summed E-state index contributed by atoms with van der Waals surface area (Å²) in [5.41, 5.74) is 0.839. The van der Waals surface area contributed by atoms with Gasteiger partial charge in [-0.15, -0.1) is 0 Å². The first kappa shape index (κ1) is 17.5. The molecule has 25 heavy (non-hydrogen) atoms. The van der Waals surface area contributed by atoms with Crippen LogP contribution in [0.5, 0.6) is 5.75 Å². The number of aromatic nitrogens is 3. The Kier molecular flexibility index (Phi) is 5.36. The van der Waals surface area contributed by atoms with Gasteiger partial charge >= 0.3 is 0 Å². The van der Waals surface area contributed by atoms with Gasteiger partial charge in [-0.05, 0) is 29.0 Å². The molecule has 0 spiro atoms. The van der Waals surface area contributed by atoms with Crippen LogP contribution in [0.25, 0.3) is 6.08 Å². The molecule has 1 N–H and O–H groups in total. The molecule has 2 amide bonds. The van der Waals surface area contributed by atoms with Crippen molar-refractivity contribution < 1.29 is 14.3 Å². The second-order valence-corrected chi connectivity index (χ2v) is 7.17. The number of hydrogen-bond donors (Lipinski definition) is 1. The fraction of sp³-hybridized carbons (Fsp3) is 0.143. The fourth-order valence-electron chi connectivity index (χ4n) is 1.97. The molecular weight excluding hydrogens is 382 g/mol. The number of rotatable bonds is 5. The van der Waals surface area contributed by atoms with Crippen LogP contribution in [0.2, 0.25) is 0 Å². The molecular formula is C14H11N5O3S3. The quantitative estimate of drug-likeness (QED) is 0.606. The largest absolute Gasteiger partial charge is 0.497 e. The lowest BCUT2D eigenvalue weighted by molar-refractivity contribution is -0.126. The number of methoxy groups -OCH3 is 1. The molecule has 1 aliphatic rings. The van der Waals surface area contributed by atoms with E-state index in [-0.39, 0.29) is 17.6 Å². The molecule has 1 aromatic heterocycles. The maximum atomic E-state index is 12.5. The van der Waals surface area contributed by atoms with Gasteiger partial charge < -0.3 is 4.74 Å². The van der Waals surface area contributed by atoms with Crippen molar-refractivity contribution in [2.75, 3.05) is 19.0 Å². The Balaban J connectivity index is 1.68. The Labute approximate surface area is 156 Å². The number of nitrogens with zero attached hydrogens (tertiary/aromatic N) is 4. The summed E-state index contributed by atoms with van der Waals surface area (Å²) in [7, 11) is 1.59. The molecule has 0 bridgehead atoms. The van der Waals surface area contributed by atoms with Crippen molar-refractivity contribution in [3.05, 3.63) is 34.7 Å². The van der Waals surface area contributed by atoms with Crippen LogP contribution in [0.1, 0.15) is 5.56 Å². The number of hydrogen-bond acceptors (Lipinski definition) is 9. The maximum absolute atomic E-state index is 12.5. The highest BCUT2D eigenvalue weighted by atomic mass is 32.2. The Morgan fingerprint density at radius 3 is 2.80 bits per heavy atom. The number of carbonyl (C=O) groups is 2. The number of benzene rings is 1. The molecule has 0 unspecified atom stereocenters. The second kappa shape index (κ2) is 7.68. The van der Waals surface area contributed by atoms with Crippen molar-refractivity contribution >= 4 is 62.9 Å². The van der Waals surface area contributed by atoms with E-state index in [1.165, 1.54) is 4.90 Å². The molecule has 11 heteroatoms. The molecule has 8 nitrogen and oxygen atoms in total. The SMILES string of the molecule is COc1ccc(/C=C2\SC(=S)N(CC(=O)Nc3nnns3)C2=O)cc1. The Hall–Kier alpha value is -2.37. The van der Waals surface area contributed by atoms with Crippen molar-refractivity contribution in [2.45, 2.75) is 0 Å². The zero-order valence-corrected chi connectivity index (χ0v) is 15.3. The van der Waals surface area contributed by atoms with E-state index in [0.717, 1.165) is 34.6 Å². The highest BCUT2D eigenvalue weighted by Crippen LogP contribution is 2.32. The normalized spacial score (nSPS) is 15.7. The summed E-state index contributed by atoms with van der Waals surface area (Å²) in [6.07, 6.45) is 1.73. The zero-order chi connectivity index (χ0) is 17.8. The van der Waals surface area contributed by atoms with Gasteiger partial charge in [0.1, 0.15) is 16.6 Å². The van der Waals surface area contributed by atoms with Crippen LogP contribution in [-0.4, -0.2) is 49.5 Å². The molecule has 1 saturated heterocycles. The summed E-state index contributed by atoms with van der Waals surface area (Å²) >= 11 is 7.31. The fourth-order valence-corrected chi connectivity index (χ4v) is 3.61. The van der Waals surface area contributed by atoms with Gasteiger partial charge in [0, 0.05) is 11.5 Å². The number of carbonyl (C=O) groups excluding carboxylic acids is 2. The predicted molar refractivity (Wildman–Crippen MR) is 99.2 cm³/mol. The van der Waals surface area contributed by atoms with Gasteiger partial charge in [-0.25, -0.2) is 0 Å². The van der Waals surface area contributed by atoms with E-state index in [9.17, 15) is 9.59 Å². The van der Waals surface area contributed by atoms with E-state index in [1.807, 2.05) is 12.1 Å².